The summed E-state index contributed by atoms with van der Waals surface area (Å²) in [5.74, 6) is -0.564. The average molecular weight is 467 g/mol. The van der Waals surface area contributed by atoms with Crippen LogP contribution in [0.2, 0.25) is 0 Å². The van der Waals surface area contributed by atoms with Crippen LogP contribution in [0.15, 0.2) is 53.3 Å². The summed E-state index contributed by atoms with van der Waals surface area (Å²) in [6.45, 7) is 3.15. The number of hydrogen-bond donors (Lipinski definition) is 1. The van der Waals surface area contributed by atoms with Crippen molar-refractivity contribution in [1.29, 1.82) is 0 Å². The summed E-state index contributed by atoms with van der Waals surface area (Å²) in [6, 6.07) is 13.0. The molecule has 0 aliphatic rings. The summed E-state index contributed by atoms with van der Waals surface area (Å²) < 4.78 is 22.0. The summed E-state index contributed by atoms with van der Waals surface area (Å²) >= 11 is 0. The molecule has 10 heteroatoms. The number of methoxy groups -OCH3 is 2. The standard InChI is InChI=1S/C24H25N3O7/c1-5-33-24(30)23-20(13-22(29)27(26-23)16-8-6-15(2)7-9-16)34-14-21(28)25-18-12-17(31-3)10-11-19(18)32-4/h6-13H,5,14H2,1-4H3,(H,25,28). The Morgan fingerprint density at radius 3 is 2.38 bits per heavy atom. The number of carbonyl (C=O) groups is 2. The van der Waals surface area contributed by atoms with Crippen molar-refractivity contribution in [3.8, 4) is 22.9 Å². The van der Waals surface area contributed by atoms with Crippen LogP contribution in [-0.4, -0.2) is 49.1 Å². The lowest BCUT2D eigenvalue weighted by Gasteiger charge is -2.14. The van der Waals surface area contributed by atoms with Gasteiger partial charge in [0.2, 0.25) is 5.69 Å². The van der Waals surface area contributed by atoms with E-state index in [1.807, 2.05) is 19.1 Å². The van der Waals surface area contributed by atoms with Gasteiger partial charge in [-0.2, -0.15) is 9.78 Å². The minimum Gasteiger partial charge on any atom is -0.497 e. The third kappa shape index (κ3) is 5.71. The maximum absolute atomic E-state index is 12.7. The summed E-state index contributed by atoms with van der Waals surface area (Å²) in [5, 5.41) is 6.79. The first-order valence-corrected chi connectivity index (χ1v) is 10.4. The van der Waals surface area contributed by atoms with Crippen LogP contribution in [-0.2, 0) is 9.53 Å². The first-order valence-electron chi connectivity index (χ1n) is 10.4. The van der Waals surface area contributed by atoms with Crippen LogP contribution in [0, 0.1) is 6.92 Å². The van der Waals surface area contributed by atoms with Gasteiger partial charge in [-0.15, -0.1) is 0 Å². The number of anilines is 1. The SMILES string of the molecule is CCOC(=O)c1nn(-c2ccc(C)cc2)c(=O)cc1OCC(=O)Nc1cc(OC)ccc1OC. The number of carbonyl (C=O) groups excluding carboxylic acids is 2. The molecular formula is C24H25N3O7. The average Bonchev–Trinajstić information content (AvgIpc) is 2.83. The highest BCUT2D eigenvalue weighted by molar-refractivity contribution is 5.94. The Morgan fingerprint density at radius 2 is 1.74 bits per heavy atom. The Bertz CT molecular complexity index is 1240. The van der Waals surface area contributed by atoms with Crippen LogP contribution < -0.4 is 25.1 Å². The molecule has 1 amide bonds. The molecule has 0 saturated heterocycles. The van der Waals surface area contributed by atoms with E-state index in [9.17, 15) is 14.4 Å². The van der Waals surface area contributed by atoms with Gasteiger partial charge in [-0.3, -0.25) is 9.59 Å². The van der Waals surface area contributed by atoms with Gasteiger partial charge in [0, 0.05) is 6.07 Å². The number of rotatable bonds is 9. The van der Waals surface area contributed by atoms with Gasteiger partial charge in [-0.1, -0.05) is 17.7 Å². The number of aromatic nitrogens is 2. The number of ether oxygens (including phenoxy) is 4. The van der Waals surface area contributed by atoms with E-state index in [-0.39, 0.29) is 18.1 Å². The van der Waals surface area contributed by atoms with E-state index in [0.29, 0.717) is 22.9 Å². The second-order valence-corrected chi connectivity index (χ2v) is 7.07. The van der Waals surface area contributed by atoms with Gasteiger partial charge in [0.1, 0.15) is 11.5 Å². The Morgan fingerprint density at radius 1 is 1.00 bits per heavy atom. The Kier molecular flexibility index (Phi) is 7.86. The van der Waals surface area contributed by atoms with Crippen molar-refractivity contribution in [2.75, 3.05) is 32.8 Å². The predicted octanol–water partition coefficient (Wildman–Crippen LogP) is 2.75. The van der Waals surface area contributed by atoms with E-state index >= 15 is 0 Å². The first kappa shape index (κ1) is 24.3. The molecule has 10 nitrogen and oxygen atoms in total. The topological polar surface area (TPSA) is 118 Å². The number of nitrogens with zero attached hydrogens (tertiary/aromatic N) is 2. The van der Waals surface area contributed by atoms with Crippen LogP contribution >= 0.6 is 0 Å². The molecule has 1 N–H and O–H groups in total. The molecule has 34 heavy (non-hydrogen) atoms. The van der Waals surface area contributed by atoms with Crippen molar-refractivity contribution >= 4 is 17.6 Å². The molecule has 0 radical (unpaired) electrons. The fraction of sp³-hybridized carbons (Fsp3) is 0.250. The van der Waals surface area contributed by atoms with Crippen molar-refractivity contribution in [2.24, 2.45) is 0 Å². The molecular weight excluding hydrogens is 442 g/mol. The van der Waals surface area contributed by atoms with E-state index in [0.717, 1.165) is 16.3 Å². The molecule has 0 unspecified atom stereocenters. The van der Waals surface area contributed by atoms with Crippen molar-refractivity contribution in [3.05, 3.63) is 70.1 Å². The van der Waals surface area contributed by atoms with Crippen LogP contribution in [0.25, 0.3) is 5.69 Å². The highest BCUT2D eigenvalue weighted by Gasteiger charge is 2.21. The van der Waals surface area contributed by atoms with E-state index < -0.39 is 24.0 Å². The highest BCUT2D eigenvalue weighted by atomic mass is 16.5. The molecule has 0 spiro atoms. The highest BCUT2D eigenvalue weighted by Crippen LogP contribution is 2.28. The van der Waals surface area contributed by atoms with Crippen molar-refractivity contribution < 1.29 is 28.5 Å². The summed E-state index contributed by atoms with van der Waals surface area (Å²) in [7, 11) is 2.97. The van der Waals surface area contributed by atoms with Gasteiger partial charge in [0.05, 0.1) is 38.3 Å². The minimum atomic E-state index is -0.784. The van der Waals surface area contributed by atoms with Gasteiger partial charge in [-0.25, -0.2) is 4.79 Å². The second-order valence-electron chi connectivity index (χ2n) is 7.07. The fourth-order valence-electron chi connectivity index (χ4n) is 3.00. The smallest absolute Gasteiger partial charge is 0.362 e. The number of esters is 1. The zero-order valence-electron chi connectivity index (χ0n) is 19.3. The molecule has 3 aromatic rings. The van der Waals surface area contributed by atoms with Gasteiger partial charge in [0.15, 0.2) is 12.4 Å². The number of amides is 1. The molecule has 3 rings (SSSR count). The molecule has 0 aliphatic carbocycles. The van der Waals surface area contributed by atoms with Crippen LogP contribution in [0.5, 0.6) is 17.2 Å². The fourth-order valence-corrected chi connectivity index (χ4v) is 3.00. The Labute approximate surface area is 196 Å². The predicted molar refractivity (Wildman–Crippen MR) is 124 cm³/mol. The van der Waals surface area contributed by atoms with Gasteiger partial charge >= 0.3 is 5.97 Å². The van der Waals surface area contributed by atoms with E-state index in [2.05, 4.69) is 10.4 Å². The number of hydrogen-bond acceptors (Lipinski definition) is 8. The minimum absolute atomic E-state index is 0.0970. The zero-order chi connectivity index (χ0) is 24.7. The normalized spacial score (nSPS) is 10.4. The lowest BCUT2D eigenvalue weighted by atomic mass is 10.2. The Hall–Kier alpha value is -4.34. The summed E-state index contributed by atoms with van der Waals surface area (Å²) in [6.07, 6.45) is 0. The number of nitrogens with one attached hydrogen (secondary N) is 1. The van der Waals surface area contributed by atoms with Gasteiger partial charge in [0.25, 0.3) is 11.5 Å². The molecule has 2 aromatic carbocycles. The van der Waals surface area contributed by atoms with Crippen LogP contribution in [0.4, 0.5) is 5.69 Å². The maximum atomic E-state index is 12.7. The zero-order valence-corrected chi connectivity index (χ0v) is 19.3. The molecule has 0 fully saturated rings. The van der Waals surface area contributed by atoms with Crippen molar-refractivity contribution in [2.45, 2.75) is 13.8 Å². The van der Waals surface area contributed by atoms with E-state index in [4.69, 9.17) is 18.9 Å². The van der Waals surface area contributed by atoms with Crippen molar-refractivity contribution in [1.82, 2.24) is 9.78 Å². The Balaban J connectivity index is 1.85. The summed E-state index contributed by atoms with van der Waals surface area (Å²) in [4.78, 5) is 37.7. The third-order valence-electron chi connectivity index (χ3n) is 4.68. The molecule has 0 aliphatic heterocycles. The number of aryl methyl sites for hydroxylation is 1. The molecule has 0 bridgehead atoms. The monoisotopic (exact) mass is 467 g/mol. The third-order valence-corrected chi connectivity index (χ3v) is 4.68. The van der Waals surface area contributed by atoms with Crippen LogP contribution in [0.3, 0.4) is 0 Å². The van der Waals surface area contributed by atoms with Gasteiger partial charge in [-0.05, 0) is 38.1 Å². The largest absolute Gasteiger partial charge is 0.497 e. The lowest BCUT2D eigenvalue weighted by Crippen LogP contribution is -2.27. The molecule has 1 aromatic heterocycles. The van der Waals surface area contributed by atoms with Crippen molar-refractivity contribution in [3.63, 3.8) is 0 Å². The quantitative estimate of drug-likeness (QED) is 0.478. The number of benzene rings is 2. The molecule has 1 heterocycles. The first-order chi connectivity index (χ1) is 16.4. The lowest BCUT2D eigenvalue weighted by molar-refractivity contribution is -0.118. The molecule has 0 atom stereocenters. The summed E-state index contributed by atoms with van der Waals surface area (Å²) in [5.41, 5.74) is 1.07. The van der Waals surface area contributed by atoms with E-state index in [1.54, 1.807) is 37.3 Å². The van der Waals surface area contributed by atoms with Gasteiger partial charge < -0.3 is 24.3 Å². The van der Waals surface area contributed by atoms with E-state index in [1.165, 1.54) is 14.2 Å². The second kappa shape index (κ2) is 11.0. The van der Waals surface area contributed by atoms with Crippen LogP contribution in [0.1, 0.15) is 23.0 Å². The molecule has 178 valence electrons. The maximum Gasteiger partial charge on any atom is 0.362 e. The molecule has 0 saturated carbocycles.